The number of carbonyl (C=O) groups is 2. The van der Waals surface area contributed by atoms with Crippen LogP contribution in [0.2, 0.25) is 0 Å². The van der Waals surface area contributed by atoms with Crippen LogP contribution in [0.5, 0.6) is 0 Å². The molecule has 0 amide bonds. The number of hydrogen-bond acceptors (Lipinski definition) is 4. The summed E-state index contributed by atoms with van der Waals surface area (Å²) in [4.78, 5) is 22.4. The second kappa shape index (κ2) is 10.3. The van der Waals surface area contributed by atoms with Gasteiger partial charge in [0.15, 0.2) is 0 Å². The minimum atomic E-state index is -0.775. The van der Waals surface area contributed by atoms with Gasteiger partial charge in [-0.25, -0.2) is 0 Å². The molecular weight excluding hydrogens is 296 g/mol. The van der Waals surface area contributed by atoms with E-state index in [0.29, 0.717) is 19.3 Å². The zero-order valence-corrected chi connectivity index (χ0v) is 13.7. The molecule has 23 heavy (non-hydrogen) atoms. The Morgan fingerprint density at radius 2 is 2.09 bits per heavy atom. The van der Waals surface area contributed by atoms with Crippen LogP contribution in [0.1, 0.15) is 51.9 Å². The Morgan fingerprint density at radius 1 is 1.35 bits per heavy atom. The van der Waals surface area contributed by atoms with Gasteiger partial charge in [0.1, 0.15) is 5.78 Å². The number of ketones is 1. The third-order valence-electron chi connectivity index (χ3n) is 4.27. The van der Waals surface area contributed by atoms with Crippen molar-refractivity contribution in [3.05, 3.63) is 24.3 Å². The standard InChI is InChI=1S/C18H28O5/c1-2-13(19)10-11-15-14(16(20)12-17(15)21)8-6-4-3-5-7-9-18(22)23/h4,6,10-11,13-15,17,19,21H,2-3,5,7-9,12H2,1H3,(H,22,23)/b6-4-,11-10+/t13-,14+,15-,17+/m1/s1. The SMILES string of the molecule is CC[C@@H](O)/C=C/[C@@H]1[C@H](C/C=C\CCCCC(=O)O)C(=O)C[C@@H]1O. The lowest BCUT2D eigenvalue weighted by Gasteiger charge is -2.16. The average Bonchev–Trinajstić information content (AvgIpc) is 2.77. The smallest absolute Gasteiger partial charge is 0.303 e. The monoisotopic (exact) mass is 324 g/mol. The molecule has 0 aromatic rings. The molecule has 5 heteroatoms. The van der Waals surface area contributed by atoms with Gasteiger partial charge in [0.2, 0.25) is 0 Å². The van der Waals surface area contributed by atoms with Gasteiger partial charge in [-0.3, -0.25) is 9.59 Å². The fourth-order valence-corrected chi connectivity index (χ4v) is 2.82. The maximum absolute atomic E-state index is 12.0. The first-order chi connectivity index (χ1) is 11.0. The summed E-state index contributed by atoms with van der Waals surface area (Å²) >= 11 is 0. The fourth-order valence-electron chi connectivity index (χ4n) is 2.82. The van der Waals surface area contributed by atoms with E-state index in [1.165, 1.54) is 0 Å². The zero-order chi connectivity index (χ0) is 17.2. The van der Waals surface area contributed by atoms with E-state index in [4.69, 9.17) is 5.11 Å². The highest BCUT2D eigenvalue weighted by atomic mass is 16.4. The number of aliphatic carboxylic acids is 1. The van der Waals surface area contributed by atoms with Gasteiger partial charge >= 0.3 is 5.97 Å². The summed E-state index contributed by atoms with van der Waals surface area (Å²) in [5, 5.41) is 28.1. The van der Waals surface area contributed by atoms with E-state index in [0.717, 1.165) is 12.8 Å². The normalized spacial score (nSPS) is 26.4. The first kappa shape index (κ1) is 19.6. The predicted molar refractivity (Wildman–Crippen MR) is 87.9 cm³/mol. The van der Waals surface area contributed by atoms with Crippen LogP contribution in [-0.2, 0) is 9.59 Å². The quantitative estimate of drug-likeness (QED) is 0.424. The fraction of sp³-hybridized carbons (Fsp3) is 0.667. The maximum Gasteiger partial charge on any atom is 0.303 e. The van der Waals surface area contributed by atoms with Crippen molar-refractivity contribution in [3.63, 3.8) is 0 Å². The molecular formula is C18H28O5. The summed E-state index contributed by atoms with van der Waals surface area (Å²) in [5.41, 5.74) is 0. The van der Waals surface area contributed by atoms with E-state index in [-0.39, 0.29) is 30.5 Å². The number of rotatable bonds is 10. The Balaban J connectivity index is 2.44. The molecule has 4 atom stereocenters. The number of Topliss-reactive ketones (excluding diaryl/α,β-unsaturated/α-hetero) is 1. The topological polar surface area (TPSA) is 94.8 Å². The number of aliphatic hydroxyl groups is 2. The first-order valence-electron chi connectivity index (χ1n) is 8.39. The van der Waals surface area contributed by atoms with Crippen LogP contribution < -0.4 is 0 Å². The summed E-state index contributed by atoms with van der Waals surface area (Å²) in [6, 6.07) is 0. The molecule has 0 aromatic carbocycles. The Bertz CT molecular complexity index is 441. The van der Waals surface area contributed by atoms with Gasteiger partial charge in [0.25, 0.3) is 0 Å². The summed E-state index contributed by atoms with van der Waals surface area (Å²) < 4.78 is 0. The second-order valence-electron chi connectivity index (χ2n) is 6.13. The van der Waals surface area contributed by atoms with Crippen molar-refractivity contribution in [2.24, 2.45) is 11.8 Å². The lowest BCUT2D eigenvalue weighted by molar-refractivity contribution is -0.137. The van der Waals surface area contributed by atoms with Gasteiger partial charge in [-0.15, -0.1) is 0 Å². The predicted octanol–water partition coefficient (Wildman–Crippen LogP) is 2.47. The van der Waals surface area contributed by atoms with Crippen LogP contribution in [0.25, 0.3) is 0 Å². The summed E-state index contributed by atoms with van der Waals surface area (Å²) in [7, 11) is 0. The molecule has 3 N–H and O–H groups in total. The third-order valence-corrected chi connectivity index (χ3v) is 4.27. The Hall–Kier alpha value is -1.46. The van der Waals surface area contributed by atoms with E-state index < -0.39 is 18.2 Å². The molecule has 0 saturated heterocycles. The number of aliphatic hydroxyl groups excluding tert-OH is 2. The molecule has 5 nitrogen and oxygen atoms in total. The molecule has 1 saturated carbocycles. The van der Waals surface area contributed by atoms with Crippen molar-refractivity contribution in [1.29, 1.82) is 0 Å². The molecule has 0 aromatic heterocycles. The number of unbranched alkanes of at least 4 members (excludes halogenated alkanes) is 2. The Morgan fingerprint density at radius 3 is 2.74 bits per heavy atom. The molecule has 0 radical (unpaired) electrons. The average molecular weight is 324 g/mol. The summed E-state index contributed by atoms with van der Waals surface area (Å²) in [6.45, 7) is 1.87. The van der Waals surface area contributed by atoms with E-state index in [1.54, 1.807) is 12.2 Å². The van der Waals surface area contributed by atoms with E-state index in [1.807, 2.05) is 19.1 Å². The van der Waals surface area contributed by atoms with Crippen LogP contribution in [0.4, 0.5) is 0 Å². The van der Waals surface area contributed by atoms with Crippen molar-refractivity contribution in [2.75, 3.05) is 0 Å². The van der Waals surface area contributed by atoms with Crippen LogP contribution >= 0.6 is 0 Å². The van der Waals surface area contributed by atoms with E-state index in [9.17, 15) is 19.8 Å². The summed E-state index contributed by atoms with van der Waals surface area (Å²) in [5.74, 6) is -1.18. The minimum Gasteiger partial charge on any atom is -0.481 e. The molecule has 1 rings (SSSR count). The number of carboxylic acid groups (broad SMARTS) is 1. The Labute approximate surface area is 137 Å². The number of allylic oxidation sites excluding steroid dienone is 2. The third kappa shape index (κ3) is 7.10. The van der Waals surface area contributed by atoms with Crippen LogP contribution in [0, 0.1) is 11.8 Å². The minimum absolute atomic E-state index is 0.0636. The van der Waals surface area contributed by atoms with E-state index in [2.05, 4.69) is 0 Å². The van der Waals surface area contributed by atoms with Gasteiger partial charge < -0.3 is 15.3 Å². The molecule has 1 aliphatic rings. The van der Waals surface area contributed by atoms with Crippen molar-refractivity contribution < 1.29 is 24.9 Å². The van der Waals surface area contributed by atoms with Crippen LogP contribution in [-0.4, -0.2) is 39.3 Å². The molecule has 0 unspecified atom stereocenters. The highest BCUT2D eigenvalue weighted by molar-refractivity contribution is 5.84. The molecule has 1 aliphatic carbocycles. The molecule has 130 valence electrons. The lowest BCUT2D eigenvalue weighted by Crippen LogP contribution is -2.18. The van der Waals surface area contributed by atoms with Gasteiger partial charge in [-0.1, -0.05) is 31.2 Å². The Kier molecular flexibility index (Phi) is 8.81. The second-order valence-corrected chi connectivity index (χ2v) is 6.13. The van der Waals surface area contributed by atoms with Crippen LogP contribution in [0.3, 0.4) is 0 Å². The molecule has 0 bridgehead atoms. The number of hydrogen-bond donors (Lipinski definition) is 3. The van der Waals surface area contributed by atoms with Crippen molar-refractivity contribution in [1.82, 2.24) is 0 Å². The molecule has 0 heterocycles. The first-order valence-corrected chi connectivity index (χ1v) is 8.39. The van der Waals surface area contributed by atoms with E-state index >= 15 is 0 Å². The van der Waals surface area contributed by atoms with Gasteiger partial charge in [0, 0.05) is 24.7 Å². The largest absolute Gasteiger partial charge is 0.481 e. The molecule has 0 aliphatic heterocycles. The van der Waals surface area contributed by atoms with Crippen molar-refractivity contribution >= 4 is 11.8 Å². The highest BCUT2D eigenvalue weighted by Gasteiger charge is 2.39. The van der Waals surface area contributed by atoms with Crippen LogP contribution in [0.15, 0.2) is 24.3 Å². The molecule has 0 spiro atoms. The van der Waals surface area contributed by atoms with Crippen molar-refractivity contribution in [2.45, 2.75) is 64.1 Å². The van der Waals surface area contributed by atoms with Crippen molar-refractivity contribution in [3.8, 4) is 0 Å². The maximum atomic E-state index is 12.0. The lowest BCUT2D eigenvalue weighted by atomic mass is 9.90. The van der Waals surface area contributed by atoms with Gasteiger partial charge in [0.05, 0.1) is 12.2 Å². The zero-order valence-electron chi connectivity index (χ0n) is 13.7. The number of carbonyl (C=O) groups excluding carboxylic acids is 1. The highest BCUT2D eigenvalue weighted by Crippen LogP contribution is 2.33. The van der Waals surface area contributed by atoms with Gasteiger partial charge in [-0.2, -0.15) is 0 Å². The number of carboxylic acids is 1. The van der Waals surface area contributed by atoms with Gasteiger partial charge in [-0.05, 0) is 32.1 Å². The molecule has 1 fully saturated rings. The summed E-state index contributed by atoms with van der Waals surface area (Å²) in [6.07, 6.45) is 9.95.